The Hall–Kier alpha value is -1.87. The zero-order chi connectivity index (χ0) is 13.9. The molecule has 0 fully saturated rings. The maximum atomic E-state index is 13.8. The molecule has 0 saturated carbocycles. The lowest BCUT2D eigenvalue weighted by atomic mass is 9.87. The van der Waals surface area contributed by atoms with E-state index in [2.05, 4.69) is 5.32 Å². The molecule has 2 nitrogen and oxygen atoms in total. The van der Waals surface area contributed by atoms with Crippen LogP contribution in [0.5, 0.6) is 5.75 Å². The van der Waals surface area contributed by atoms with E-state index in [1.807, 2.05) is 24.3 Å². The summed E-state index contributed by atoms with van der Waals surface area (Å²) < 4.78 is 13.8. The predicted octanol–water partition coefficient (Wildman–Crippen LogP) is 3.70. The fourth-order valence-corrected chi connectivity index (χ4v) is 2.91. The fourth-order valence-electron chi connectivity index (χ4n) is 2.91. The first-order valence-corrected chi connectivity index (χ1v) is 7.03. The summed E-state index contributed by atoms with van der Waals surface area (Å²) >= 11 is 0. The highest BCUT2D eigenvalue weighted by atomic mass is 19.1. The standard InChI is InChI=1S/C17H18FNO/c18-15-8-3-7-14-13(15)6-4-9-16(14)19-11-12-5-1-2-10-17(12)20/h1-3,5,7-8,10,16,19-20H,4,6,9,11H2. The van der Waals surface area contributed by atoms with E-state index >= 15 is 0 Å². The molecular formula is C17H18FNO. The zero-order valence-corrected chi connectivity index (χ0v) is 11.3. The molecule has 0 saturated heterocycles. The van der Waals surface area contributed by atoms with Crippen LogP contribution in [-0.2, 0) is 13.0 Å². The molecule has 2 N–H and O–H groups in total. The molecule has 0 bridgehead atoms. The SMILES string of the molecule is Oc1ccccc1CNC1CCCc2c(F)cccc21. The van der Waals surface area contributed by atoms with Crippen LogP contribution in [0.4, 0.5) is 4.39 Å². The summed E-state index contributed by atoms with van der Waals surface area (Å²) in [4.78, 5) is 0. The monoisotopic (exact) mass is 271 g/mol. The molecule has 2 aromatic carbocycles. The number of phenols is 1. The highest BCUT2D eigenvalue weighted by Crippen LogP contribution is 2.31. The number of halogens is 1. The Labute approximate surface area is 118 Å². The van der Waals surface area contributed by atoms with Crippen LogP contribution < -0.4 is 5.32 Å². The number of rotatable bonds is 3. The summed E-state index contributed by atoms with van der Waals surface area (Å²) in [7, 11) is 0. The second-order valence-electron chi connectivity index (χ2n) is 5.26. The molecule has 1 unspecified atom stereocenters. The van der Waals surface area contributed by atoms with Crippen molar-refractivity contribution in [2.75, 3.05) is 0 Å². The molecule has 0 spiro atoms. The number of hydrogen-bond acceptors (Lipinski definition) is 2. The molecule has 20 heavy (non-hydrogen) atoms. The summed E-state index contributed by atoms with van der Waals surface area (Å²) in [6.45, 7) is 0.591. The van der Waals surface area contributed by atoms with E-state index in [1.165, 1.54) is 6.07 Å². The molecule has 0 radical (unpaired) electrons. The number of fused-ring (bicyclic) bond motifs is 1. The van der Waals surface area contributed by atoms with Gasteiger partial charge < -0.3 is 10.4 Å². The Balaban J connectivity index is 1.77. The fraction of sp³-hybridized carbons (Fsp3) is 0.294. The van der Waals surface area contributed by atoms with Crippen molar-refractivity contribution >= 4 is 0 Å². The minimum Gasteiger partial charge on any atom is -0.508 e. The minimum absolute atomic E-state index is 0.100. The molecule has 0 aliphatic heterocycles. The van der Waals surface area contributed by atoms with Crippen LogP contribution in [0.1, 0.15) is 35.6 Å². The number of hydrogen-bond donors (Lipinski definition) is 2. The average molecular weight is 271 g/mol. The Morgan fingerprint density at radius 1 is 1.15 bits per heavy atom. The Bertz CT molecular complexity index is 612. The lowest BCUT2D eigenvalue weighted by molar-refractivity contribution is 0.432. The zero-order valence-electron chi connectivity index (χ0n) is 11.3. The Kier molecular flexibility index (Phi) is 3.70. The molecule has 3 rings (SSSR count). The van der Waals surface area contributed by atoms with Crippen molar-refractivity contribution in [1.29, 1.82) is 0 Å². The third-order valence-corrected chi connectivity index (χ3v) is 3.98. The van der Waals surface area contributed by atoms with E-state index < -0.39 is 0 Å². The summed E-state index contributed by atoms with van der Waals surface area (Å²) in [6, 6.07) is 12.8. The maximum Gasteiger partial charge on any atom is 0.126 e. The lowest BCUT2D eigenvalue weighted by Crippen LogP contribution is -2.25. The van der Waals surface area contributed by atoms with Gasteiger partial charge in [-0.2, -0.15) is 0 Å². The molecule has 104 valence electrons. The van der Waals surface area contributed by atoms with Gasteiger partial charge in [0.25, 0.3) is 0 Å². The van der Waals surface area contributed by atoms with Crippen molar-refractivity contribution in [1.82, 2.24) is 5.32 Å². The van der Waals surface area contributed by atoms with Gasteiger partial charge in [-0.05, 0) is 42.5 Å². The van der Waals surface area contributed by atoms with Crippen molar-refractivity contribution in [2.24, 2.45) is 0 Å². The molecule has 1 atom stereocenters. The molecule has 0 amide bonds. The van der Waals surface area contributed by atoms with Crippen LogP contribution in [0.15, 0.2) is 42.5 Å². The van der Waals surface area contributed by atoms with Crippen LogP contribution >= 0.6 is 0 Å². The first-order chi connectivity index (χ1) is 9.75. The largest absolute Gasteiger partial charge is 0.508 e. The van der Waals surface area contributed by atoms with Crippen LogP contribution in [0, 0.1) is 5.82 Å². The number of benzene rings is 2. The van der Waals surface area contributed by atoms with E-state index in [4.69, 9.17) is 0 Å². The van der Waals surface area contributed by atoms with Crippen LogP contribution in [0.2, 0.25) is 0 Å². The first-order valence-electron chi connectivity index (χ1n) is 7.03. The van der Waals surface area contributed by atoms with Gasteiger partial charge in [-0.3, -0.25) is 0 Å². The van der Waals surface area contributed by atoms with Crippen molar-refractivity contribution in [3.8, 4) is 5.75 Å². The van der Waals surface area contributed by atoms with Crippen LogP contribution in [0.3, 0.4) is 0 Å². The topological polar surface area (TPSA) is 32.3 Å². The summed E-state index contributed by atoms with van der Waals surface area (Å²) in [5.74, 6) is 0.201. The van der Waals surface area contributed by atoms with E-state index in [0.717, 1.165) is 36.0 Å². The van der Waals surface area contributed by atoms with Crippen LogP contribution in [-0.4, -0.2) is 5.11 Å². The third-order valence-electron chi connectivity index (χ3n) is 3.98. The molecule has 3 heteroatoms. The lowest BCUT2D eigenvalue weighted by Gasteiger charge is -2.27. The van der Waals surface area contributed by atoms with E-state index in [1.54, 1.807) is 12.1 Å². The number of phenolic OH excluding ortho intramolecular Hbond substituents is 1. The van der Waals surface area contributed by atoms with Gasteiger partial charge in [0.1, 0.15) is 11.6 Å². The quantitative estimate of drug-likeness (QED) is 0.892. The Morgan fingerprint density at radius 3 is 2.85 bits per heavy atom. The van der Waals surface area contributed by atoms with Crippen molar-refractivity contribution in [3.63, 3.8) is 0 Å². The van der Waals surface area contributed by atoms with E-state index in [9.17, 15) is 9.50 Å². The second-order valence-corrected chi connectivity index (χ2v) is 5.26. The minimum atomic E-state index is -0.100. The van der Waals surface area contributed by atoms with E-state index in [-0.39, 0.29) is 11.9 Å². The van der Waals surface area contributed by atoms with Crippen LogP contribution in [0.25, 0.3) is 0 Å². The normalized spacial score (nSPS) is 17.8. The van der Waals surface area contributed by atoms with E-state index in [0.29, 0.717) is 12.3 Å². The van der Waals surface area contributed by atoms with Gasteiger partial charge in [-0.1, -0.05) is 30.3 Å². The molecule has 2 aromatic rings. The summed E-state index contributed by atoms with van der Waals surface area (Å²) in [5, 5.41) is 13.2. The number of para-hydroxylation sites is 1. The summed E-state index contributed by atoms with van der Waals surface area (Å²) in [5.41, 5.74) is 2.77. The van der Waals surface area contributed by atoms with Crippen molar-refractivity contribution in [2.45, 2.75) is 31.8 Å². The molecule has 1 aliphatic carbocycles. The van der Waals surface area contributed by atoms with Gasteiger partial charge in [-0.25, -0.2) is 4.39 Å². The smallest absolute Gasteiger partial charge is 0.126 e. The first kappa shape index (κ1) is 13.1. The number of aromatic hydroxyl groups is 1. The highest BCUT2D eigenvalue weighted by Gasteiger charge is 2.22. The predicted molar refractivity (Wildman–Crippen MR) is 77.0 cm³/mol. The molecule has 1 aliphatic rings. The van der Waals surface area contributed by atoms with Gasteiger partial charge in [0, 0.05) is 18.2 Å². The molecule has 0 aromatic heterocycles. The maximum absolute atomic E-state index is 13.8. The third kappa shape index (κ3) is 2.54. The average Bonchev–Trinajstić information content (AvgIpc) is 2.47. The van der Waals surface area contributed by atoms with Gasteiger partial charge in [0.2, 0.25) is 0 Å². The number of nitrogens with one attached hydrogen (secondary N) is 1. The molecular weight excluding hydrogens is 253 g/mol. The van der Waals surface area contributed by atoms with Gasteiger partial charge >= 0.3 is 0 Å². The van der Waals surface area contributed by atoms with Crippen molar-refractivity contribution in [3.05, 3.63) is 65.0 Å². The van der Waals surface area contributed by atoms with Gasteiger partial charge in [-0.15, -0.1) is 0 Å². The molecule has 0 heterocycles. The van der Waals surface area contributed by atoms with Crippen molar-refractivity contribution < 1.29 is 9.50 Å². The highest BCUT2D eigenvalue weighted by molar-refractivity contribution is 5.35. The van der Waals surface area contributed by atoms with Gasteiger partial charge in [0.05, 0.1) is 0 Å². The Morgan fingerprint density at radius 2 is 2.00 bits per heavy atom. The van der Waals surface area contributed by atoms with Gasteiger partial charge in [0.15, 0.2) is 0 Å². The second kappa shape index (κ2) is 5.63. The summed E-state index contributed by atoms with van der Waals surface area (Å²) in [6.07, 6.45) is 2.81.